The van der Waals surface area contributed by atoms with Crippen molar-refractivity contribution in [3.05, 3.63) is 59.2 Å². The molecule has 11 heteroatoms. The summed E-state index contributed by atoms with van der Waals surface area (Å²) in [6, 6.07) is 8.12. The van der Waals surface area contributed by atoms with Gasteiger partial charge >= 0.3 is 12.1 Å². The van der Waals surface area contributed by atoms with E-state index in [1.165, 1.54) is 19.2 Å². The Kier molecular flexibility index (Phi) is 7.21. The molecule has 2 heterocycles. The van der Waals surface area contributed by atoms with Gasteiger partial charge in [0.25, 0.3) is 11.8 Å². The van der Waals surface area contributed by atoms with Crippen molar-refractivity contribution in [1.29, 1.82) is 0 Å². The zero-order valence-corrected chi connectivity index (χ0v) is 19.6. The van der Waals surface area contributed by atoms with Crippen LogP contribution < -0.4 is 10.1 Å². The molecule has 0 bridgehead atoms. The molecule has 0 aliphatic carbocycles. The number of hydrogen-bond acceptors (Lipinski definition) is 6. The van der Waals surface area contributed by atoms with Crippen molar-refractivity contribution in [2.75, 3.05) is 26.1 Å². The molecule has 8 nitrogen and oxygen atoms in total. The zero-order chi connectivity index (χ0) is 26.0. The predicted molar refractivity (Wildman–Crippen MR) is 122 cm³/mol. The summed E-state index contributed by atoms with van der Waals surface area (Å²) >= 11 is 0. The maximum atomic E-state index is 13.3. The van der Waals surface area contributed by atoms with Crippen LogP contribution in [0.3, 0.4) is 0 Å². The molecule has 0 unspecified atom stereocenters. The predicted octanol–water partition coefficient (Wildman–Crippen LogP) is 3.90. The molecule has 0 spiro atoms. The van der Waals surface area contributed by atoms with E-state index in [4.69, 9.17) is 14.2 Å². The lowest BCUT2D eigenvalue weighted by atomic mass is 9.94. The van der Waals surface area contributed by atoms with Crippen LogP contribution in [0.1, 0.15) is 45.5 Å². The van der Waals surface area contributed by atoms with Crippen LogP contribution in [0.15, 0.2) is 42.5 Å². The van der Waals surface area contributed by atoms with Crippen molar-refractivity contribution < 1.29 is 41.8 Å². The van der Waals surface area contributed by atoms with Crippen molar-refractivity contribution in [2.45, 2.75) is 43.7 Å². The fraction of sp³-hybridized carbons (Fsp3) is 0.400. The molecule has 1 N–H and O–H groups in total. The van der Waals surface area contributed by atoms with Crippen LogP contribution in [0, 0.1) is 0 Å². The Morgan fingerprint density at radius 2 is 1.86 bits per heavy atom. The molecular formula is C25H25F3N2O6. The van der Waals surface area contributed by atoms with E-state index in [0.29, 0.717) is 24.3 Å². The Bertz CT molecular complexity index is 1150. The normalized spacial score (nSPS) is 21.9. The lowest BCUT2D eigenvalue weighted by Crippen LogP contribution is -2.53. The van der Waals surface area contributed by atoms with E-state index >= 15 is 0 Å². The number of rotatable bonds is 4. The number of methoxy groups -OCH3 is 1. The van der Waals surface area contributed by atoms with Crippen LogP contribution in [-0.2, 0) is 20.4 Å². The molecule has 2 aromatic carbocycles. The quantitative estimate of drug-likeness (QED) is 0.633. The van der Waals surface area contributed by atoms with E-state index in [0.717, 1.165) is 24.3 Å². The van der Waals surface area contributed by atoms with Crippen LogP contribution in [0.2, 0.25) is 0 Å². The second kappa shape index (κ2) is 10.2. The molecule has 4 rings (SSSR count). The van der Waals surface area contributed by atoms with Crippen LogP contribution in [-0.4, -0.2) is 61.7 Å². The topological polar surface area (TPSA) is 94.2 Å². The molecular weight excluding hydrogens is 481 g/mol. The minimum Gasteiger partial charge on any atom is -0.490 e. The molecule has 3 atom stereocenters. The van der Waals surface area contributed by atoms with Gasteiger partial charge in [-0.25, -0.2) is 0 Å². The maximum Gasteiger partial charge on any atom is 0.416 e. The number of anilines is 1. The van der Waals surface area contributed by atoms with E-state index < -0.39 is 23.8 Å². The van der Waals surface area contributed by atoms with Gasteiger partial charge in [-0.05, 0) is 55.3 Å². The highest BCUT2D eigenvalue weighted by atomic mass is 19.4. The Morgan fingerprint density at radius 1 is 1.14 bits per heavy atom. The van der Waals surface area contributed by atoms with Crippen molar-refractivity contribution in [2.24, 2.45) is 0 Å². The van der Waals surface area contributed by atoms with Crippen LogP contribution >= 0.6 is 0 Å². The Labute approximate surface area is 205 Å². The number of hydrogen-bond donors (Lipinski definition) is 1. The summed E-state index contributed by atoms with van der Waals surface area (Å²) < 4.78 is 54.9. The van der Waals surface area contributed by atoms with Gasteiger partial charge in [0.1, 0.15) is 18.5 Å². The largest absolute Gasteiger partial charge is 0.490 e. The van der Waals surface area contributed by atoms with Crippen molar-refractivity contribution in [3.8, 4) is 5.75 Å². The number of benzene rings is 2. The van der Waals surface area contributed by atoms with Crippen LogP contribution in [0.25, 0.3) is 0 Å². The maximum absolute atomic E-state index is 13.3. The van der Waals surface area contributed by atoms with Gasteiger partial charge in [-0.3, -0.25) is 14.4 Å². The second-order valence-corrected chi connectivity index (χ2v) is 8.69. The first-order chi connectivity index (χ1) is 17.1. The highest BCUT2D eigenvalue weighted by Crippen LogP contribution is 2.33. The van der Waals surface area contributed by atoms with Gasteiger partial charge in [-0.1, -0.05) is 0 Å². The van der Waals surface area contributed by atoms with Gasteiger partial charge in [0.05, 0.1) is 36.8 Å². The lowest BCUT2D eigenvalue weighted by molar-refractivity contribution is -0.151. The molecule has 0 aromatic heterocycles. The molecule has 0 saturated carbocycles. The van der Waals surface area contributed by atoms with Crippen LogP contribution in [0.4, 0.5) is 18.9 Å². The first-order valence-electron chi connectivity index (χ1n) is 11.3. The number of carbonyl (C=O) groups is 3. The summed E-state index contributed by atoms with van der Waals surface area (Å²) in [5.41, 5.74) is -0.289. The van der Waals surface area contributed by atoms with Gasteiger partial charge in [0, 0.05) is 18.3 Å². The standard InChI is InChI=1S/C25H25F3N2O6/c1-30-19-9-8-17(12-22(31)34-2)36-21(19)13-35-20-10-7-16(11-18(20)24(30)33)29-23(32)14-3-5-15(6-4-14)25(26,27)28/h3-7,10-11,17,19,21H,8-9,12-13H2,1-2H3,(H,29,32)/t17-,19-,21-/m0/s1. The minimum absolute atomic E-state index is 0.0399. The fourth-order valence-electron chi connectivity index (χ4n) is 4.39. The number of nitrogens with zero attached hydrogens (tertiary/aromatic N) is 1. The summed E-state index contributed by atoms with van der Waals surface area (Å²) in [5, 5.41) is 2.61. The summed E-state index contributed by atoms with van der Waals surface area (Å²) in [6.45, 7) is 0.157. The van der Waals surface area contributed by atoms with Gasteiger partial charge in [0.15, 0.2) is 0 Å². The Morgan fingerprint density at radius 3 is 2.53 bits per heavy atom. The molecule has 36 heavy (non-hydrogen) atoms. The molecule has 0 radical (unpaired) electrons. The number of carbonyl (C=O) groups excluding carboxylic acids is 3. The molecule has 1 saturated heterocycles. The Balaban J connectivity index is 1.49. The van der Waals surface area contributed by atoms with E-state index in [1.807, 2.05) is 0 Å². The molecule has 2 aliphatic heterocycles. The third kappa shape index (κ3) is 5.46. The van der Waals surface area contributed by atoms with E-state index in [-0.39, 0.29) is 48.2 Å². The van der Waals surface area contributed by atoms with E-state index in [9.17, 15) is 27.6 Å². The van der Waals surface area contributed by atoms with Crippen LogP contribution in [0.5, 0.6) is 5.75 Å². The average molecular weight is 506 g/mol. The lowest BCUT2D eigenvalue weighted by Gasteiger charge is -2.42. The number of halogens is 3. The number of nitrogens with one attached hydrogen (secondary N) is 1. The third-order valence-corrected chi connectivity index (χ3v) is 6.37. The number of ether oxygens (including phenoxy) is 3. The average Bonchev–Trinajstić information content (AvgIpc) is 2.86. The number of alkyl halides is 3. The second-order valence-electron chi connectivity index (χ2n) is 8.69. The van der Waals surface area contributed by atoms with Crippen molar-refractivity contribution in [1.82, 2.24) is 4.90 Å². The third-order valence-electron chi connectivity index (χ3n) is 6.37. The highest BCUT2D eigenvalue weighted by molar-refractivity contribution is 6.05. The smallest absolute Gasteiger partial charge is 0.416 e. The molecule has 1 fully saturated rings. The number of fused-ring (bicyclic) bond motifs is 2. The number of likely N-dealkylation sites (N-methyl/N-ethyl adjacent to an activating group) is 1. The first-order valence-corrected chi connectivity index (χ1v) is 11.3. The molecule has 2 amide bonds. The number of amides is 2. The monoisotopic (exact) mass is 506 g/mol. The van der Waals surface area contributed by atoms with Crippen molar-refractivity contribution in [3.63, 3.8) is 0 Å². The number of esters is 1. The summed E-state index contributed by atoms with van der Waals surface area (Å²) in [6.07, 6.45) is -3.96. The van der Waals surface area contributed by atoms with Gasteiger partial charge in [-0.2, -0.15) is 13.2 Å². The van der Waals surface area contributed by atoms with E-state index in [1.54, 1.807) is 18.0 Å². The summed E-state index contributed by atoms with van der Waals surface area (Å²) in [5.74, 6) is -1.02. The molecule has 192 valence electrons. The fourth-order valence-corrected chi connectivity index (χ4v) is 4.39. The zero-order valence-electron chi connectivity index (χ0n) is 19.6. The van der Waals surface area contributed by atoms with Gasteiger partial charge in [-0.15, -0.1) is 0 Å². The van der Waals surface area contributed by atoms with Gasteiger partial charge in [0.2, 0.25) is 0 Å². The van der Waals surface area contributed by atoms with E-state index in [2.05, 4.69) is 5.32 Å². The van der Waals surface area contributed by atoms with Crippen molar-refractivity contribution >= 4 is 23.5 Å². The highest BCUT2D eigenvalue weighted by Gasteiger charge is 2.39. The minimum atomic E-state index is -4.50. The first kappa shape index (κ1) is 25.5. The summed E-state index contributed by atoms with van der Waals surface area (Å²) in [4.78, 5) is 39.0. The summed E-state index contributed by atoms with van der Waals surface area (Å²) in [7, 11) is 2.98. The molecule has 2 aliphatic rings. The van der Waals surface area contributed by atoms with Gasteiger partial charge < -0.3 is 24.4 Å². The Hall–Kier alpha value is -3.60. The SMILES string of the molecule is COC(=O)C[C@@H]1CC[C@H]2[C@H](COc3ccc(NC(=O)c4ccc(C(F)(F)F)cc4)cc3C(=O)N2C)O1. The molecule has 2 aromatic rings.